The number of aryl methyl sites for hydroxylation is 1. The fourth-order valence-electron chi connectivity index (χ4n) is 3.21. The summed E-state index contributed by atoms with van der Waals surface area (Å²) in [7, 11) is 0. The van der Waals surface area contributed by atoms with E-state index in [1.807, 2.05) is 32.1 Å². The molecular formula is C23H44S. The van der Waals surface area contributed by atoms with Crippen molar-refractivity contribution in [1.82, 2.24) is 0 Å². The van der Waals surface area contributed by atoms with Crippen LogP contribution in [0, 0.1) is 11.8 Å². The molecule has 1 aliphatic carbocycles. The molecule has 142 valence electrons. The molecule has 1 atom stereocenters. The van der Waals surface area contributed by atoms with Crippen LogP contribution in [0.3, 0.4) is 0 Å². The summed E-state index contributed by atoms with van der Waals surface area (Å²) in [6, 6.07) is 2.40. The topological polar surface area (TPSA) is 0 Å². The molecule has 0 fully saturated rings. The SMILES string of the molecule is C=CC.CC.CC(C)C.CCC1(C(C)C)CCCCc2sccc21. The minimum Gasteiger partial charge on any atom is -0.149 e. The van der Waals surface area contributed by atoms with Crippen LogP contribution in [0.2, 0.25) is 0 Å². The van der Waals surface area contributed by atoms with Crippen LogP contribution >= 0.6 is 11.3 Å². The number of thiophene rings is 1. The maximum atomic E-state index is 3.36. The van der Waals surface area contributed by atoms with Crippen LogP contribution in [0.25, 0.3) is 0 Å². The number of fused-ring (bicyclic) bond motifs is 1. The van der Waals surface area contributed by atoms with E-state index in [4.69, 9.17) is 0 Å². The Labute approximate surface area is 157 Å². The first kappa shape index (κ1) is 25.7. The van der Waals surface area contributed by atoms with E-state index >= 15 is 0 Å². The van der Waals surface area contributed by atoms with Crippen molar-refractivity contribution in [1.29, 1.82) is 0 Å². The molecule has 24 heavy (non-hydrogen) atoms. The van der Waals surface area contributed by atoms with Gasteiger partial charge in [-0.25, -0.2) is 0 Å². The molecular weight excluding hydrogens is 308 g/mol. The van der Waals surface area contributed by atoms with E-state index in [1.54, 1.807) is 16.5 Å². The standard InChI is InChI=1S/C14H22S.C4H10.C3H6.C2H6/c1-4-14(11(2)3)9-6-5-7-13-12(14)8-10-15-13;1-4(2)3;1-3-2;1-2/h8,10-11H,4-7,9H2,1-3H3;4H,1-3H3;3H,1H2,2H3;1-2H3. The number of hydrogen-bond acceptors (Lipinski definition) is 1. The monoisotopic (exact) mass is 352 g/mol. The second kappa shape index (κ2) is 14.8. The predicted octanol–water partition coefficient (Wildman–Crippen LogP) is 8.66. The average molecular weight is 353 g/mol. The Morgan fingerprint density at radius 2 is 1.67 bits per heavy atom. The zero-order chi connectivity index (χ0) is 19.2. The summed E-state index contributed by atoms with van der Waals surface area (Å²) in [5, 5.41) is 2.29. The van der Waals surface area contributed by atoms with E-state index in [0.717, 1.165) is 11.8 Å². The van der Waals surface area contributed by atoms with Crippen molar-refractivity contribution in [2.75, 3.05) is 0 Å². The van der Waals surface area contributed by atoms with Gasteiger partial charge in [0.25, 0.3) is 0 Å². The Morgan fingerprint density at radius 1 is 1.17 bits per heavy atom. The normalized spacial score (nSPS) is 18.8. The lowest BCUT2D eigenvalue weighted by Gasteiger charge is -2.36. The van der Waals surface area contributed by atoms with Crippen molar-refractivity contribution in [3.63, 3.8) is 0 Å². The zero-order valence-corrected chi connectivity index (χ0v) is 18.9. The van der Waals surface area contributed by atoms with Gasteiger partial charge in [0.1, 0.15) is 0 Å². The minimum atomic E-state index is 0.478. The van der Waals surface area contributed by atoms with Gasteiger partial charge in [-0.2, -0.15) is 0 Å². The molecule has 0 bridgehead atoms. The molecule has 2 rings (SSSR count). The molecule has 1 aliphatic rings. The highest BCUT2D eigenvalue weighted by Gasteiger charge is 2.36. The van der Waals surface area contributed by atoms with Crippen LogP contribution in [0.4, 0.5) is 0 Å². The predicted molar refractivity (Wildman–Crippen MR) is 116 cm³/mol. The van der Waals surface area contributed by atoms with Crippen molar-refractivity contribution >= 4 is 11.3 Å². The Morgan fingerprint density at radius 3 is 2.08 bits per heavy atom. The summed E-state index contributed by atoms with van der Waals surface area (Å²) in [5.41, 5.74) is 2.16. The van der Waals surface area contributed by atoms with Gasteiger partial charge in [0.2, 0.25) is 0 Å². The van der Waals surface area contributed by atoms with Gasteiger partial charge in [0.15, 0.2) is 0 Å². The van der Waals surface area contributed by atoms with E-state index in [9.17, 15) is 0 Å². The van der Waals surface area contributed by atoms with Crippen LogP contribution in [-0.2, 0) is 11.8 Å². The lowest BCUT2D eigenvalue weighted by Crippen LogP contribution is -2.31. The Balaban J connectivity index is 0. The van der Waals surface area contributed by atoms with Crippen molar-refractivity contribution in [3.05, 3.63) is 34.5 Å². The average Bonchev–Trinajstić information content (AvgIpc) is 2.91. The minimum absolute atomic E-state index is 0.478. The summed E-state index contributed by atoms with van der Waals surface area (Å²) in [6.07, 6.45) is 8.57. The second-order valence-electron chi connectivity index (χ2n) is 7.27. The molecule has 1 heteroatoms. The van der Waals surface area contributed by atoms with Gasteiger partial charge in [-0.1, -0.05) is 67.9 Å². The van der Waals surface area contributed by atoms with Gasteiger partial charge < -0.3 is 0 Å². The van der Waals surface area contributed by atoms with E-state index in [-0.39, 0.29) is 0 Å². The third-order valence-corrected chi connectivity index (χ3v) is 5.28. The molecule has 0 aromatic carbocycles. The first-order chi connectivity index (χ1) is 11.4. The Kier molecular flexibility index (Phi) is 15.8. The van der Waals surface area contributed by atoms with Gasteiger partial charge in [0.05, 0.1) is 0 Å². The summed E-state index contributed by atoms with van der Waals surface area (Å²) in [6.45, 7) is 22.9. The molecule has 0 radical (unpaired) electrons. The van der Waals surface area contributed by atoms with Gasteiger partial charge in [-0.15, -0.1) is 17.9 Å². The maximum absolute atomic E-state index is 3.36. The molecule has 0 saturated heterocycles. The molecule has 0 amide bonds. The first-order valence-electron chi connectivity index (χ1n) is 9.99. The number of rotatable bonds is 2. The summed E-state index contributed by atoms with van der Waals surface area (Å²) >= 11 is 1.97. The molecule has 1 heterocycles. The highest BCUT2D eigenvalue weighted by molar-refractivity contribution is 7.10. The second-order valence-corrected chi connectivity index (χ2v) is 8.27. The maximum Gasteiger partial charge on any atom is 0.00829 e. The highest BCUT2D eigenvalue weighted by atomic mass is 32.1. The molecule has 1 aromatic heterocycles. The van der Waals surface area contributed by atoms with Crippen LogP contribution in [-0.4, -0.2) is 0 Å². The molecule has 0 aliphatic heterocycles. The fraction of sp³-hybridized carbons (Fsp3) is 0.739. The summed E-state index contributed by atoms with van der Waals surface area (Å²) < 4.78 is 0. The number of hydrogen-bond donors (Lipinski definition) is 0. The zero-order valence-electron chi connectivity index (χ0n) is 18.0. The van der Waals surface area contributed by atoms with Crippen LogP contribution in [0.1, 0.15) is 98.4 Å². The van der Waals surface area contributed by atoms with Gasteiger partial charge in [-0.3, -0.25) is 0 Å². The van der Waals surface area contributed by atoms with Gasteiger partial charge >= 0.3 is 0 Å². The van der Waals surface area contributed by atoms with E-state index < -0.39 is 0 Å². The smallest absolute Gasteiger partial charge is 0.00829 e. The lowest BCUT2D eigenvalue weighted by atomic mass is 9.68. The molecule has 0 spiro atoms. The highest BCUT2D eigenvalue weighted by Crippen LogP contribution is 2.45. The quantitative estimate of drug-likeness (QED) is 0.369. The largest absolute Gasteiger partial charge is 0.149 e. The van der Waals surface area contributed by atoms with Crippen molar-refractivity contribution in [2.45, 2.75) is 99.8 Å². The third-order valence-electron chi connectivity index (χ3n) is 4.29. The van der Waals surface area contributed by atoms with E-state index in [0.29, 0.717) is 5.41 Å². The molecule has 1 aromatic rings. The number of allylic oxidation sites excluding steroid dienone is 1. The van der Waals surface area contributed by atoms with Crippen molar-refractivity contribution < 1.29 is 0 Å². The third kappa shape index (κ3) is 8.51. The van der Waals surface area contributed by atoms with Gasteiger partial charge in [0, 0.05) is 4.88 Å². The molecule has 0 saturated carbocycles. The molecule has 0 nitrogen and oxygen atoms in total. The van der Waals surface area contributed by atoms with Gasteiger partial charge in [-0.05, 0) is 66.9 Å². The van der Waals surface area contributed by atoms with Crippen molar-refractivity contribution in [2.24, 2.45) is 11.8 Å². The summed E-state index contributed by atoms with van der Waals surface area (Å²) in [4.78, 5) is 1.67. The Hall–Kier alpha value is -0.560. The van der Waals surface area contributed by atoms with Crippen LogP contribution < -0.4 is 0 Å². The first-order valence-corrected chi connectivity index (χ1v) is 10.9. The van der Waals surface area contributed by atoms with Crippen LogP contribution in [0.5, 0.6) is 0 Å². The van der Waals surface area contributed by atoms with Crippen LogP contribution in [0.15, 0.2) is 24.1 Å². The lowest BCUT2D eigenvalue weighted by molar-refractivity contribution is 0.271. The Bertz CT molecular complexity index is 397. The summed E-state index contributed by atoms with van der Waals surface area (Å²) in [5.74, 6) is 1.61. The van der Waals surface area contributed by atoms with E-state index in [1.165, 1.54) is 32.1 Å². The molecule has 0 N–H and O–H groups in total. The van der Waals surface area contributed by atoms with Crippen molar-refractivity contribution in [3.8, 4) is 0 Å². The van der Waals surface area contributed by atoms with E-state index in [2.05, 4.69) is 59.6 Å². The fourth-order valence-corrected chi connectivity index (χ4v) is 4.24. The molecule has 1 unspecified atom stereocenters.